The highest BCUT2D eigenvalue weighted by Crippen LogP contribution is 2.51. The number of benzene rings is 2. The number of nitrogens with one attached hydrogen (secondary N) is 2. The Morgan fingerprint density at radius 2 is 1.81 bits per heavy atom. The minimum atomic E-state index is -0.556. The highest BCUT2D eigenvalue weighted by atomic mass is 19.1. The van der Waals surface area contributed by atoms with E-state index in [4.69, 9.17) is 0 Å². The van der Waals surface area contributed by atoms with Crippen molar-refractivity contribution in [1.29, 1.82) is 0 Å². The first-order chi connectivity index (χ1) is 13.2. The zero-order chi connectivity index (χ0) is 18.4. The molecule has 2 heterocycles. The molecule has 0 unspecified atom stereocenters. The maximum atomic E-state index is 13.7. The van der Waals surface area contributed by atoms with Gasteiger partial charge in [-0.15, -0.1) is 0 Å². The number of carbonyl (C=O) groups excluding carboxylic acids is 1. The first-order valence-electron chi connectivity index (χ1n) is 9.59. The number of rotatable bonds is 4. The molecule has 27 heavy (non-hydrogen) atoms. The van der Waals surface area contributed by atoms with E-state index in [1.54, 1.807) is 6.07 Å². The maximum Gasteiger partial charge on any atom is 0.235 e. The normalized spacial score (nSPS) is 18.0. The van der Waals surface area contributed by atoms with Crippen LogP contribution < -0.4 is 10.2 Å². The van der Waals surface area contributed by atoms with Gasteiger partial charge in [0.2, 0.25) is 5.91 Å². The number of nitrogens with zero attached hydrogens (tertiary/aromatic N) is 1. The monoisotopic (exact) mass is 363 g/mol. The molecule has 2 N–H and O–H groups in total. The summed E-state index contributed by atoms with van der Waals surface area (Å²) in [5.41, 5.74) is 3.21. The van der Waals surface area contributed by atoms with Gasteiger partial charge in [0, 0.05) is 41.6 Å². The molecule has 0 radical (unpaired) electrons. The minimum absolute atomic E-state index is 0.0124. The van der Waals surface area contributed by atoms with Gasteiger partial charge in [0.05, 0.1) is 5.41 Å². The molecule has 5 heteroatoms. The number of aromatic nitrogens is 1. The summed E-state index contributed by atoms with van der Waals surface area (Å²) in [4.78, 5) is 18.6. The van der Waals surface area contributed by atoms with Crippen LogP contribution in [0.3, 0.4) is 0 Å². The fraction of sp³-hybridized carbons (Fsp3) is 0.318. The van der Waals surface area contributed by atoms with E-state index >= 15 is 0 Å². The van der Waals surface area contributed by atoms with Crippen LogP contribution in [0.25, 0.3) is 10.9 Å². The van der Waals surface area contributed by atoms with Crippen LogP contribution in [-0.2, 0) is 10.2 Å². The molecular weight excluding hydrogens is 341 g/mol. The second-order valence-electron chi connectivity index (χ2n) is 7.67. The second-order valence-corrected chi connectivity index (χ2v) is 7.67. The van der Waals surface area contributed by atoms with Crippen molar-refractivity contribution < 1.29 is 9.18 Å². The van der Waals surface area contributed by atoms with Crippen LogP contribution in [0.2, 0.25) is 0 Å². The summed E-state index contributed by atoms with van der Waals surface area (Å²) >= 11 is 0. The number of halogens is 1. The molecule has 138 valence electrons. The topological polar surface area (TPSA) is 48.1 Å². The largest absolute Gasteiger partial charge is 0.372 e. The number of carbonyl (C=O) groups is 1. The van der Waals surface area contributed by atoms with Crippen molar-refractivity contribution in [3.63, 3.8) is 0 Å². The number of amides is 1. The number of aromatic amines is 1. The lowest BCUT2D eigenvalue weighted by molar-refractivity contribution is -0.118. The van der Waals surface area contributed by atoms with Gasteiger partial charge in [0.1, 0.15) is 5.82 Å². The quantitative estimate of drug-likeness (QED) is 0.713. The third-order valence-corrected chi connectivity index (χ3v) is 5.94. The molecule has 0 spiro atoms. The lowest BCUT2D eigenvalue weighted by Gasteiger charge is -2.19. The Balaban J connectivity index is 1.38. The van der Waals surface area contributed by atoms with Gasteiger partial charge in [0.25, 0.3) is 0 Å². The van der Waals surface area contributed by atoms with Crippen LogP contribution in [0.1, 0.15) is 31.2 Å². The van der Waals surface area contributed by atoms with E-state index in [-0.39, 0.29) is 11.7 Å². The van der Waals surface area contributed by atoms with E-state index in [1.165, 1.54) is 30.7 Å². The molecular formula is C22H22FN3O. The molecule has 2 aliphatic rings. The number of hydrogen-bond acceptors (Lipinski definition) is 2. The Hall–Kier alpha value is -2.82. The Kier molecular flexibility index (Phi) is 3.71. The third kappa shape index (κ3) is 2.78. The average Bonchev–Trinajstić information content (AvgIpc) is 3.11. The summed E-state index contributed by atoms with van der Waals surface area (Å²) < 4.78 is 13.7. The van der Waals surface area contributed by atoms with Crippen LogP contribution in [0.4, 0.5) is 15.8 Å². The molecule has 5 rings (SSSR count). The molecule has 1 saturated carbocycles. The fourth-order valence-corrected chi connectivity index (χ4v) is 4.21. The van der Waals surface area contributed by atoms with Gasteiger partial charge in [-0.05, 0) is 73.7 Å². The minimum Gasteiger partial charge on any atom is -0.372 e. The number of hydrogen-bond donors (Lipinski definition) is 2. The van der Waals surface area contributed by atoms with E-state index in [1.807, 2.05) is 18.3 Å². The molecule has 1 saturated heterocycles. The zero-order valence-electron chi connectivity index (χ0n) is 15.1. The Labute approximate surface area is 157 Å². The van der Waals surface area contributed by atoms with E-state index in [0.717, 1.165) is 48.1 Å². The van der Waals surface area contributed by atoms with Crippen LogP contribution in [-0.4, -0.2) is 24.0 Å². The molecule has 1 aliphatic carbocycles. The summed E-state index contributed by atoms with van der Waals surface area (Å²) in [6, 6.07) is 12.7. The van der Waals surface area contributed by atoms with Gasteiger partial charge in [0.15, 0.2) is 0 Å². The van der Waals surface area contributed by atoms with Crippen LogP contribution >= 0.6 is 0 Å². The highest BCUT2D eigenvalue weighted by molar-refractivity contribution is 6.04. The maximum absolute atomic E-state index is 13.7. The summed E-state index contributed by atoms with van der Waals surface area (Å²) in [5.74, 6) is -0.293. The SMILES string of the molecule is O=C(Nc1ccc(N2CCCC2)cc1)C1(c2c[nH]c3ccc(F)cc23)CC1. The molecule has 1 aromatic heterocycles. The number of H-pyrrole nitrogens is 1. The van der Waals surface area contributed by atoms with Gasteiger partial charge in [-0.2, -0.15) is 0 Å². The van der Waals surface area contributed by atoms with Crippen LogP contribution in [0.5, 0.6) is 0 Å². The van der Waals surface area contributed by atoms with Crippen molar-refractivity contribution in [2.24, 2.45) is 0 Å². The van der Waals surface area contributed by atoms with Crippen molar-refractivity contribution in [2.75, 3.05) is 23.3 Å². The lowest BCUT2D eigenvalue weighted by Crippen LogP contribution is -2.27. The first kappa shape index (κ1) is 16.4. The Morgan fingerprint density at radius 3 is 2.52 bits per heavy atom. The Morgan fingerprint density at radius 1 is 1.07 bits per heavy atom. The van der Waals surface area contributed by atoms with Crippen molar-refractivity contribution in [3.05, 3.63) is 60.0 Å². The van der Waals surface area contributed by atoms with Gasteiger partial charge < -0.3 is 15.2 Å². The molecule has 4 nitrogen and oxygen atoms in total. The summed E-state index contributed by atoms with van der Waals surface area (Å²) in [5, 5.41) is 3.86. The van der Waals surface area contributed by atoms with Crippen molar-refractivity contribution in [1.82, 2.24) is 4.98 Å². The van der Waals surface area contributed by atoms with E-state index < -0.39 is 5.41 Å². The fourth-order valence-electron chi connectivity index (χ4n) is 4.21. The van der Waals surface area contributed by atoms with Crippen LogP contribution in [0.15, 0.2) is 48.7 Å². The van der Waals surface area contributed by atoms with Gasteiger partial charge in [-0.25, -0.2) is 4.39 Å². The Bertz CT molecular complexity index is 998. The van der Waals surface area contributed by atoms with Crippen molar-refractivity contribution >= 4 is 28.2 Å². The first-order valence-corrected chi connectivity index (χ1v) is 9.59. The third-order valence-electron chi connectivity index (χ3n) is 5.94. The van der Waals surface area contributed by atoms with Gasteiger partial charge in [-0.3, -0.25) is 4.79 Å². The number of anilines is 2. The van der Waals surface area contributed by atoms with Crippen molar-refractivity contribution in [3.8, 4) is 0 Å². The lowest BCUT2D eigenvalue weighted by atomic mass is 9.94. The second kappa shape index (κ2) is 6.12. The molecule has 0 atom stereocenters. The van der Waals surface area contributed by atoms with Crippen LogP contribution in [0, 0.1) is 5.82 Å². The number of fused-ring (bicyclic) bond motifs is 1. The predicted octanol–water partition coefficient (Wildman–Crippen LogP) is 4.58. The molecule has 2 aromatic carbocycles. The highest BCUT2D eigenvalue weighted by Gasteiger charge is 2.52. The molecule has 3 aromatic rings. The molecule has 1 amide bonds. The standard InChI is InChI=1S/C22H22FN3O/c23-15-3-8-20-18(13-15)19(14-24-20)22(9-10-22)21(27)25-16-4-6-17(7-5-16)26-11-1-2-12-26/h3-8,13-14,24H,1-2,9-12H2,(H,25,27). The zero-order valence-corrected chi connectivity index (χ0v) is 15.1. The van der Waals surface area contributed by atoms with E-state index in [9.17, 15) is 9.18 Å². The van der Waals surface area contributed by atoms with E-state index in [2.05, 4.69) is 27.3 Å². The predicted molar refractivity (Wildman–Crippen MR) is 106 cm³/mol. The van der Waals surface area contributed by atoms with Gasteiger partial charge >= 0.3 is 0 Å². The molecule has 2 fully saturated rings. The summed E-state index contributed by atoms with van der Waals surface area (Å²) in [7, 11) is 0. The van der Waals surface area contributed by atoms with E-state index in [0.29, 0.717) is 0 Å². The summed E-state index contributed by atoms with van der Waals surface area (Å²) in [6.07, 6.45) is 5.91. The van der Waals surface area contributed by atoms with Gasteiger partial charge in [-0.1, -0.05) is 0 Å². The summed E-state index contributed by atoms with van der Waals surface area (Å²) in [6.45, 7) is 2.21. The molecule has 0 bridgehead atoms. The molecule has 1 aliphatic heterocycles. The average molecular weight is 363 g/mol. The smallest absolute Gasteiger partial charge is 0.235 e. The van der Waals surface area contributed by atoms with Crippen molar-refractivity contribution in [2.45, 2.75) is 31.1 Å².